The first-order chi connectivity index (χ1) is 14.7. The summed E-state index contributed by atoms with van der Waals surface area (Å²) in [5.74, 6) is 0.611. The molecule has 0 atom stereocenters. The topological polar surface area (TPSA) is 22.1 Å². The highest BCUT2D eigenvalue weighted by Gasteiger charge is 2.37. The van der Waals surface area contributed by atoms with Crippen LogP contribution in [0.1, 0.15) is 42.5 Å². The van der Waals surface area contributed by atoms with Crippen molar-refractivity contribution in [3.63, 3.8) is 0 Å². The second-order valence-corrected chi connectivity index (χ2v) is 8.11. The highest BCUT2D eigenvalue weighted by molar-refractivity contribution is 5.78. The van der Waals surface area contributed by atoms with Gasteiger partial charge in [0.2, 0.25) is 0 Å². The minimum Gasteiger partial charge on any atom is -0.487 e. The Bertz CT molecular complexity index is 1170. The molecule has 1 aromatic heterocycles. The summed E-state index contributed by atoms with van der Waals surface area (Å²) >= 11 is 0. The molecule has 0 bridgehead atoms. The first-order valence-electron chi connectivity index (χ1n) is 10.6. The first-order valence-corrected chi connectivity index (χ1v) is 10.6. The smallest absolute Gasteiger partial charge is 0.130 e. The van der Waals surface area contributed by atoms with Crippen molar-refractivity contribution in [1.29, 1.82) is 0 Å². The van der Waals surface area contributed by atoms with Gasteiger partial charge in [0.15, 0.2) is 0 Å². The lowest BCUT2D eigenvalue weighted by atomic mass is 9.73. The standard InChI is InChI=1S/C27H24FNO/c28-23-12-14-26-20(17-23)11-13-24(29-26)19-30-25-10-6-9-22(18-25)27(15-4-5-16-27)21-7-2-1-3-8-21/h1-3,6-14,17-18H,4-5,15-16,19H2. The van der Waals surface area contributed by atoms with Gasteiger partial charge in [-0.2, -0.15) is 0 Å². The summed E-state index contributed by atoms with van der Waals surface area (Å²) in [5, 5.41) is 0.798. The van der Waals surface area contributed by atoms with E-state index >= 15 is 0 Å². The molecule has 1 fully saturated rings. The number of pyridine rings is 1. The molecule has 150 valence electrons. The molecule has 0 saturated heterocycles. The van der Waals surface area contributed by atoms with E-state index in [2.05, 4.69) is 53.5 Å². The Hall–Kier alpha value is -3.20. The molecule has 3 aromatic carbocycles. The third-order valence-corrected chi connectivity index (χ3v) is 6.27. The number of hydrogen-bond acceptors (Lipinski definition) is 2. The van der Waals surface area contributed by atoms with Gasteiger partial charge in [-0.1, -0.05) is 61.4 Å². The first kappa shape index (κ1) is 18.8. The van der Waals surface area contributed by atoms with Gasteiger partial charge in [0.1, 0.15) is 18.2 Å². The van der Waals surface area contributed by atoms with Gasteiger partial charge in [-0.15, -0.1) is 0 Å². The molecule has 4 aromatic rings. The number of rotatable bonds is 5. The van der Waals surface area contributed by atoms with E-state index in [9.17, 15) is 4.39 Å². The molecule has 3 heteroatoms. The number of ether oxygens (including phenoxy) is 1. The van der Waals surface area contributed by atoms with Crippen LogP contribution in [0, 0.1) is 5.82 Å². The Labute approximate surface area is 176 Å². The van der Waals surface area contributed by atoms with Crippen LogP contribution in [0.2, 0.25) is 0 Å². The van der Waals surface area contributed by atoms with Crippen molar-refractivity contribution < 1.29 is 9.13 Å². The van der Waals surface area contributed by atoms with Crippen LogP contribution in [0.25, 0.3) is 10.9 Å². The van der Waals surface area contributed by atoms with E-state index < -0.39 is 0 Å². The zero-order chi connectivity index (χ0) is 20.4. The average molecular weight is 397 g/mol. The predicted molar refractivity (Wildman–Crippen MR) is 118 cm³/mol. The fourth-order valence-corrected chi connectivity index (χ4v) is 4.74. The fourth-order valence-electron chi connectivity index (χ4n) is 4.74. The molecule has 2 nitrogen and oxygen atoms in total. The Morgan fingerprint density at radius 2 is 1.60 bits per heavy atom. The van der Waals surface area contributed by atoms with E-state index in [0.717, 1.165) is 22.3 Å². The van der Waals surface area contributed by atoms with Gasteiger partial charge in [-0.3, -0.25) is 0 Å². The van der Waals surface area contributed by atoms with Crippen molar-refractivity contribution in [2.75, 3.05) is 0 Å². The minimum absolute atomic E-state index is 0.0753. The Balaban J connectivity index is 1.39. The molecule has 0 amide bonds. The second-order valence-electron chi connectivity index (χ2n) is 8.11. The fraction of sp³-hybridized carbons (Fsp3) is 0.222. The van der Waals surface area contributed by atoms with E-state index in [1.165, 1.54) is 48.9 Å². The van der Waals surface area contributed by atoms with E-state index in [1.54, 1.807) is 6.07 Å². The number of fused-ring (bicyclic) bond motifs is 1. The van der Waals surface area contributed by atoms with Crippen LogP contribution in [-0.2, 0) is 12.0 Å². The lowest BCUT2D eigenvalue weighted by molar-refractivity contribution is 0.301. The van der Waals surface area contributed by atoms with Gasteiger partial charge in [0.25, 0.3) is 0 Å². The maximum atomic E-state index is 13.4. The van der Waals surface area contributed by atoms with E-state index in [-0.39, 0.29) is 11.2 Å². The Kier molecular flexibility index (Phi) is 4.96. The Morgan fingerprint density at radius 3 is 2.43 bits per heavy atom. The molecule has 0 unspecified atom stereocenters. The van der Waals surface area contributed by atoms with Crippen LogP contribution in [-0.4, -0.2) is 4.98 Å². The van der Waals surface area contributed by atoms with Crippen molar-refractivity contribution in [3.05, 3.63) is 108 Å². The van der Waals surface area contributed by atoms with Gasteiger partial charge in [0.05, 0.1) is 11.2 Å². The van der Waals surface area contributed by atoms with Crippen molar-refractivity contribution in [3.8, 4) is 5.75 Å². The molecule has 0 spiro atoms. The van der Waals surface area contributed by atoms with Gasteiger partial charge < -0.3 is 4.74 Å². The van der Waals surface area contributed by atoms with Gasteiger partial charge >= 0.3 is 0 Å². The maximum Gasteiger partial charge on any atom is 0.130 e. The van der Waals surface area contributed by atoms with Crippen molar-refractivity contribution in [2.24, 2.45) is 0 Å². The number of benzene rings is 3. The van der Waals surface area contributed by atoms with Gasteiger partial charge in [0, 0.05) is 10.8 Å². The highest BCUT2D eigenvalue weighted by Crippen LogP contribution is 2.47. The van der Waals surface area contributed by atoms with Crippen LogP contribution >= 0.6 is 0 Å². The maximum absolute atomic E-state index is 13.4. The predicted octanol–water partition coefficient (Wildman–Crippen LogP) is 6.81. The Morgan fingerprint density at radius 1 is 0.800 bits per heavy atom. The third-order valence-electron chi connectivity index (χ3n) is 6.27. The molecule has 0 radical (unpaired) electrons. The SMILES string of the molecule is Fc1ccc2nc(COc3cccc(C4(c5ccccc5)CCCC4)c3)ccc2c1. The minimum atomic E-state index is -0.246. The van der Waals surface area contributed by atoms with E-state index in [0.29, 0.717) is 6.61 Å². The van der Waals surface area contributed by atoms with Gasteiger partial charge in [-0.25, -0.2) is 9.37 Å². The summed E-state index contributed by atoms with van der Waals surface area (Å²) in [6.45, 7) is 0.384. The average Bonchev–Trinajstić information content (AvgIpc) is 3.30. The van der Waals surface area contributed by atoms with Crippen LogP contribution in [0.4, 0.5) is 4.39 Å². The van der Waals surface area contributed by atoms with E-state index in [4.69, 9.17) is 4.74 Å². The molecule has 1 aliphatic carbocycles. The summed E-state index contributed by atoms with van der Waals surface area (Å²) in [7, 11) is 0. The van der Waals surface area contributed by atoms with Crippen LogP contribution < -0.4 is 4.74 Å². The lowest BCUT2D eigenvalue weighted by Crippen LogP contribution is -2.23. The third kappa shape index (κ3) is 3.56. The van der Waals surface area contributed by atoms with Crippen LogP contribution in [0.5, 0.6) is 5.75 Å². The zero-order valence-electron chi connectivity index (χ0n) is 16.9. The zero-order valence-corrected chi connectivity index (χ0v) is 16.9. The largest absolute Gasteiger partial charge is 0.487 e. The second kappa shape index (κ2) is 7.91. The summed E-state index contributed by atoms with van der Waals surface area (Å²) in [6, 6.07) is 27.8. The lowest BCUT2D eigenvalue weighted by Gasteiger charge is -2.31. The van der Waals surface area contributed by atoms with Crippen molar-refractivity contribution in [2.45, 2.75) is 37.7 Å². The quantitative estimate of drug-likeness (QED) is 0.369. The molecular weight excluding hydrogens is 373 g/mol. The normalized spacial score (nSPS) is 15.4. The van der Waals surface area contributed by atoms with Crippen LogP contribution in [0.15, 0.2) is 84.9 Å². The molecule has 5 rings (SSSR count). The summed E-state index contributed by atoms with van der Waals surface area (Å²) < 4.78 is 19.5. The molecule has 0 N–H and O–H groups in total. The molecule has 0 aliphatic heterocycles. The summed E-state index contributed by atoms with van der Waals surface area (Å²) in [4.78, 5) is 4.60. The highest BCUT2D eigenvalue weighted by atomic mass is 19.1. The molecule has 1 aliphatic rings. The van der Waals surface area contributed by atoms with E-state index in [1.807, 2.05) is 18.2 Å². The number of nitrogens with zero attached hydrogens (tertiary/aromatic N) is 1. The van der Waals surface area contributed by atoms with Crippen LogP contribution in [0.3, 0.4) is 0 Å². The number of hydrogen-bond donors (Lipinski definition) is 0. The number of halogens is 1. The molecular formula is C27H24FNO. The molecule has 30 heavy (non-hydrogen) atoms. The summed E-state index contributed by atoms with van der Waals surface area (Å²) in [6.07, 6.45) is 4.84. The molecule has 1 heterocycles. The van der Waals surface area contributed by atoms with Crippen molar-refractivity contribution in [1.82, 2.24) is 4.98 Å². The van der Waals surface area contributed by atoms with Gasteiger partial charge in [-0.05, 0) is 60.4 Å². The monoisotopic (exact) mass is 397 g/mol. The summed E-state index contributed by atoms with van der Waals surface area (Å²) in [5.41, 5.74) is 4.40. The molecule has 1 saturated carbocycles. The van der Waals surface area contributed by atoms with Crippen molar-refractivity contribution >= 4 is 10.9 Å². The number of aromatic nitrogens is 1.